The molecule has 1 fully saturated rings. The number of benzene rings is 1. The SMILES string of the molecule is CCCC1CCC(CNCC)C(c2c(F)cccc2F)C1. The third kappa shape index (κ3) is 4.03. The Labute approximate surface area is 127 Å². The molecule has 3 heteroatoms. The van der Waals surface area contributed by atoms with Crippen molar-refractivity contribution in [3.05, 3.63) is 35.4 Å². The van der Waals surface area contributed by atoms with Crippen molar-refractivity contribution in [2.24, 2.45) is 11.8 Å². The van der Waals surface area contributed by atoms with Crippen LogP contribution in [0.2, 0.25) is 0 Å². The molecule has 0 radical (unpaired) electrons. The van der Waals surface area contributed by atoms with Crippen LogP contribution in [-0.4, -0.2) is 13.1 Å². The molecule has 3 atom stereocenters. The van der Waals surface area contributed by atoms with Gasteiger partial charge in [0, 0.05) is 5.56 Å². The summed E-state index contributed by atoms with van der Waals surface area (Å²) in [6.45, 7) is 6.01. The van der Waals surface area contributed by atoms with Gasteiger partial charge in [0.25, 0.3) is 0 Å². The normalized spacial score (nSPS) is 26.0. The monoisotopic (exact) mass is 295 g/mol. The van der Waals surface area contributed by atoms with Gasteiger partial charge >= 0.3 is 0 Å². The molecule has 21 heavy (non-hydrogen) atoms. The van der Waals surface area contributed by atoms with E-state index in [1.54, 1.807) is 0 Å². The number of nitrogens with one attached hydrogen (secondary N) is 1. The minimum Gasteiger partial charge on any atom is -0.317 e. The number of hydrogen-bond donors (Lipinski definition) is 1. The van der Waals surface area contributed by atoms with Gasteiger partial charge in [-0.05, 0) is 55.8 Å². The van der Waals surface area contributed by atoms with E-state index in [1.807, 2.05) is 0 Å². The summed E-state index contributed by atoms with van der Waals surface area (Å²) < 4.78 is 28.4. The summed E-state index contributed by atoms with van der Waals surface area (Å²) in [6.07, 6.45) is 5.49. The van der Waals surface area contributed by atoms with E-state index in [0.717, 1.165) is 32.4 Å². The van der Waals surface area contributed by atoms with Gasteiger partial charge in [-0.3, -0.25) is 0 Å². The molecule has 0 amide bonds. The first-order chi connectivity index (χ1) is 10.2. The summed E-state index contributed by atoms with van der Waals surface area (Å²) in [4.78, 5) is 0. The summed E-state index contributed by atoms with van der Waals surface area (Å²) in [5, 5.41) is 3.36. The summed E-state index contributed by atoms with van der Waals surface area (Å²) >= 11 is 0. The highest BCUT2D eigenvalue weighted by atomic mass is 19.1. The van der Waals surface area contributed by atoms with Gasteiger partial charge in [-0.15, -0.1) is 0 Å². The maximum atomic E-state index is 14.2. The van der Waals surface area contributed by atoms with Gasteiger partial charge in [-0.25, -0.2) is 8.78 Å². The van der Waals surface area contributed by atoms with Crippen LogP contribution in [0, 0.1) is 23.5 Å². The topological polar surface area (TPSA) is 12.0 Å². The summed E-state index contributed by atoms with van der Waals surface area (Å²) in [7, 11) is 0. The number of halogens is 2. The average molecular weight is 295 g/mol. The molecule has 3 unspecified atom stereocenters. The fourth-order valence-corrected chi connectivity index (χ4v) is 3.78. The van der Waals surface area contributed by atoms with E-state index in [9.17, 15) is 8.78 Å². The lowest BCUT2D eigenvalue weighted by Gasteiger charge is -2.37. The van der Waals surface area contributed by atoms with Crippen LogP contribution in [0.3, 0.4) is 0 Å². The van der Waals surface area contributed by atoms with Crippen LogP contribution in [0.1, 0.15) is 57.4 Å². The van der Waals surface area contributed by atoms with Crippen molar-refractivity contribution in [3.63, 3.8) is 0 Å². The average Bonchev–Trinajstić information content (AvgIpc) is 2.46. The van der Waals surface area contributed by atoms with E-state index in [1.165, 1.54) is 31.0 Å². The Morgan fingerprint density at radius 2 is 1.86 bits per heavy atom. The van der Waals surface area contributed by atoms with Crippen LogP contribution >= 0.6 is 0 Å². The second-order valence-electron chi connectivity index (χ2n) is 6.28. The number of hydrogen-bond acceptors (Lipinski definition) is 1. The van der Waals surface area contributed by atoms with E-state index in [0.29, 0.717) is 17.4 Å². The fraction of sp³-hybridized carbons (Fsp3) is 0.667. The zero-order valence-electron chi connectivity index (χ0n) is 13.2. The van der Waals surface area contributed by atoms with Crippen LogP contribution in [0.25, 0.3) is 0 Å². The molecular weight excluding hydrogens is 268 g/mol. The molecule has 0 aromatic heterocycles. The molecule has 1 nitrogen and oxygen atoms in total. The van der Waals surface area contributed by atoms with Crippen LogP contribution in [0.5, 0.6) is 0 Å². The Morgan fingerprint density at radius 1 is 1.14 bits per heavy atom. The van der Waals surface area contributed by atoms with Crippen molar-refractivity contribution in [2.45, 2.75) is 51.9 Å². The molecule has 0 bridgehead atoms. The van der Waals surface area contributed by atoms with Crippen LogP contribution < -0.4 is 5.32 Å². The van der Waals surface area contributed by atoms with Crippen molar-refractivity contribution >= 4 is 0 Å². The predicted molar refractivity (Wildman–Crippen MR) is 83.4 cm³/mol. The van der Waals surface area contributed by atoms with Gasteiger partial charge in [0.2, 0.25) is 0 Å². The highest BCUT2D eigenvalue weighted by Gasteiger charge is 2.34. The standard InChI is InChI=1S/C18H27F2N/c1-3-6-13-9-10-14(12-21-4-2)15(11-13)18-16(19)7-5-8-17(18)20/h5,7-8,13-15,21H,3-4,6,9-12H2,1-2H3. The summed E-state index contributed by atoms with van der Waals surface area (Å²) in [6, 6.07) is 4.25. The van der Waals surface area contributed by atoms with Crippen molar-refractivity contribution in [3.8, 4) is 0 Å². The molecule has 118 valence electrons. The lowest BCUT2D eigenvalue weighted by molar-refractivity contribution is 0.214. The van der Waals surface area contributed by atoms with Crippen molar-refractivity contribution in [1.82, 2.24) is 5.32 Å². The molecule has 1 aromatic rings. The smallest absolute Gasteiger partial charge is 0.129 e. The first kappa shape index (κ1) is 16.4. The molecule has 0 saturated heterocycles. The third-order valence-corrected chi connectivity index (χ3v) is 4.83. The molecule has 1 aliphatic carbocycles. The van der Waals surface area contributed by atoms with E-state index in [4.69, 9.17) is 0 Å². The minimum atomic E-state index is -0.376. The molecule has 1 aliphatic rings. The van der Waals surface area contributed by atoms with E-state index < -0.39 is 0 Å². The third-order valence-electron chi connectivity index (χ3n) is 4.83. The van der Waals surface area contributed by atoms with Gasteiger partial charge in [-0.2, -0.15) is 0 Å². The Balaban J connectivity index is 2.23. The highest BCUT2D eigenvalue weighted by Crippen LogP contribution is 2.43. The lowest BCUT2D eigenvalue weighted by Crippen LogP contribution is -2.33. The predicted octanol–water partition coefficient (Wildman–Crippen LogP) is 4.87. The fourth-order valence-electron chi connectivity index (χ4n) is 3.78. The first-order valence-electron chi connectivity index (χ1n) is 8.31. The van der Waals surface area contributed by atoms with E-state index in [2.05, 4.69) is 19.2 Å². The van der Waals surface area contributed by atoms with E-state index >= 15 is 0 Å². The van der Waals surface area contributed by atoms with Crippen LogP contribution in [0.4, 0.5) is 8.78 Å². The van der Waals surface area contributed by atoms with Gasteiger partial charge < -0.3 is 5.32 Å². The van der Waals surface area contributed by atoms with Gasteiger partial charge in [0.1, 0.15) is 11.6 Å². The molecule has 0 spiro atoms. The van der Waals surface area contributed by atoms with Gasteiger partial charge in [0.15, 0.2) is 0 Å². The van der Waals surface area contributed by atoms with Gasteiger partial charge in [0.05, 0.1) is 0 Å². The quantitative estimate of drug-likeness (QED) is 0.789. The number of rotatable bonds is 6. The van der Waals surface area contributed by atoms with Gasteiger partial charge in [-0.1, -0.05) is 39.2 Å². The van der Waals surface area contributed by atoms with Crippen molar-refractivity contribution < 1.29 is 8.78 Å². The molecule has 0 aliphatic heterocycles. The zero-order valence-corrected chi connectivity index (χ0v) is 13.2. The van der Waals surface area contributed by atoms with Crippen LogP contribution in [-0.2, 0) is 0 Å². The molecular formula is C18H27F2N. The Hall–Kier alpha value is -0.960. The van der Waals surface area contributed by atoms with Crippen molar-refractivity contribution in [1.29, 1.82) is 0 Å². The molecule has 0 heterocycles. The molecule has 1 saturated carbocycles. The maximum Gasteiger partial charge on any atom is 0.129 e. The second-order valence-corrected chi connectivity index (χ2v) is 6.28. The van der Waals surface area contributed by atoms with Crippen LogP contribution in [0.15, 0.2) is 18.2 Å². The maximum absolute atomic E-state index is 14.2. The largest absolute Gasteiger partial charge is 0.317 e. The first-order valence-corrected chi connectivity index (χ1v) is 8.31. The minimum absolute atomic E-state index is 0.00977. The lowest BCUT2D eigenvalue weighted by atomic mass is 9.69. The molecule has 2 rings (SSSR count). The Bertz CT molecular complexity index is 427. The Morgan fingerprint density at radius 3 is 2.48 bits per heavy atom. The second kappa shape index (κ2) is 7.88. The van der Waals surface area contributed by atoms with E-state index in [-0.39, 0.29) is 17.6 Å². The molecule has 1 N–H and O–H groups in total. The summed E-state index contributed by atoms with van der Waals surface area (Å²) in [5.41, 5.74) is 0.321. The summed E-state index contributed by atoms with van der Waals surface area (Å²) in [5.74, 6) is 0.203. The zero-order chi connectivity index (χ0) is 15.2. The highest BCUT2D eigenvalue weighted by molar-refractivity contribution is 5.25. The Kier molecular flexibility index (Phi) is 6.16. The van der Waals surface area contributed by atoms with Crippen molar-refractivity contribution in [2.75, 3.05) is 13.1 Å². The molecule has 1 aromatic carbocycles.